The van der Waals surface area contributed by atoms with Crippen LogP contribution < -0.4 is 10.1 Å². The fourth-order valence-corrected chi connectivity index (χ4v) is 2.76. The molecule has 9 heteroatoms. The lowest BCUT2D eigenvalue weighted by atomic mass is 10.1. The molecule has 1 heterocycles. The van der Waals surface area contributed by atoms with Crippen molar-refractivity contribution in [2.24, 2.45) is 5.92 Å². The van der Waals surface area contributed by atoms with Crippen LogP contribution in [-0.4, -0.2) is 27.2 Å². The second-order valence-corrected chi connectivity index (χ2v) is 6.72. The van der Waals surface area contributed by atoms with Crippen molar-refractivity contribution >= 4 is 33.2 Å². The summed E-state index contributed by atoms with van der Waals surface area (Å²) < 4.78 is 7.93. The average molecular weight is 425 g/mol. The number of anilines is 1. The number of hydrogen-bond acceptors (Lipinski definition) is 5. The predicted molar refractivity (Wildman–Crippen MR) is 101 cm³/mol. The van der Waals surface area contributed by atoms with Crippen LogP contribution in [0.15, 0.2) is 22.7 Å². The summed E-state index contributed by atoms with van der Waals surface area (Å²) in [6.45, 7) is 8.10. The van der Waals surface area contributed by atoms with Crippen molar-refractivity contribution in [3.8, 4) is 5.75 Å². The Balaban J connectivity index is 2.15. The maximum absolute atomic E-state index is 12.5. The van der Waals surface area contributed by atoms with E-state index in [0.29, 0.717) is 18.9 Å². The molecule has 140 valence electrons. The number of hydrogen-bond donors (Lipinski definition) is 1. The van der Waals surface area contributed by atoms with Gasteiger partial charge >= 0.3 is 0 Å². The topological polar surface area (TPSA) is 99.3 Å². The number of aryl methyl sites for hydroxylation is 1. The van der Waals surface area contributed by atoms with E-state index in [4.69, 9.17) is 4.74 Å². The molecule has 0 fully saturated rings. The van der Waals surface area contributed by atoms with Crippen LogP contribution >= 0.6 is 15.9 Å². The largest absolute Gasteiger partial charge is 0.494 e. The molecule has 1 N–H and O–H groups in total. The number of halogens is 1. The third-order valence-corrected chi connectivity index (χ3v) is 5.07. The zero-order chi connectivity index (χ0) is 19.4. The summed E-state index contributed by atoms with van der Waals surface area (Å²) in [4.78, 5) is 23.2. The quantitative estimate of drug-likeness (QED) is 0.537. The van der Waals surface area contributed by atoms with Gasteiger partial charge in [0.2, 0.25) is 5.91 Å². The lowest BCUT2D eigenvalue weighted by Crippen LogP contribution is -2.25. The highest BCUT2D eigenvalue weighted by atomic mass is 79.9. The summed E-state index contributed by atoms with van der Waals surface area (Å²) in [6, 6.07) is 4.38. The average Bonchev–Trinajstić information content (AvgIpc) is 2.83. The molecule has 1 amide bonds. The zero-order valence-corrected chi connectivity index (χ0v) is 16.7. The predicted octanol–water partition coefficient (Wildman–Crippen LogP) is 3.84. The molecule has 2 rings (SSSR count). The van der Waals surface area contributed by atoms with Gasteiger partial charge in [0.25, 0.3) is 5.69 Å². The van der Waals surface area contributed by atoms with Gasteiger partial charge in [-0.15, -0.1) is 0 Å². The molecule has 1 aromatic carbocycles. The highest BCUT2D eigenvalue weighted by Gasteiger charge is 2.22. The number of nitrogens with zero attached hydrogens (tertiary/aromatic N) is 3. The number of ether oxygens (including phenoxy) is 1. The third-order valence-electron chi connectivity index (χ3n) is 3.92. The van der Waals surface area contributed by atoms with E-state index in [1.165, 1.54) is 12.1 Å². The lowest BCUT2D eigenvalue weighted by Gasteiger charge is -2.14. The Hall–Kier alpha value is -2.42. The first-order valence-electron chi connectivity index (χ1n) is 8.16. The van der Waals surface area contributed by atoms with E-state index in [0.717, 1.165) is 15.9 Å². The molecule has 1 aromatic heterocycles. The number of carbonyl (C=O) groups excluding carboxylic acids is 1. The molecule has 1 unspecified atom stereocenters. The molecule has 0 saturated carbocycles. The van der Waals surface area contributed by atoms with Gasteiger partial charge in [-0.2, -0.15) is 5.10 Å². The first kappa shape index (κ1) is 19.9. The Bertz CT molecular complexity index is 834. The van der Waals surface area contributed by atoms with Crippen LogP contribution in [0.5, 0.6) is 5.75 Å². The molecular weight excluding hydrogens is 404 g/mol. The number of carbonyl (C=O) groups is 1. The van der Waals surface area contributed by atoms with Crippen LogP contribution in [0, 0.1) is 29.9 Å². The van der Waals surface area contributed by atoms with Gasteiger partial charge in [0.05, 0.1) is 40.2 Å². The Morgan fingerprint density at radius 1 is 1.46 bits per heavy atom. The number of nitro groups is 1. The molecule has 0 spiro atoms. The minimum atomic E-state index is -0.541. The Labute approximate surface area is 159 Å². The van der Waals surface area contributed by atoms with Crippen LogP contribution in [-0.2, 0) is 11.3 Å². The molecule has 0 aliphatic rings. The van der Waals surface area contributed by atoms with E-state index < -0.39 is 10.8 Å². The van der Waals surface area contributed by atoms with E-state index in [1.807, 2.05) is 13.8 Å². The van der Waals surface area contributed by atoms with Crippen molar-refractivity contribution in [3.63, 3.8) is 0 Å². The van der Waals surface area contributed by atoms with Gasteiger partial charge in [-0.3, -0.25) is 19.6 Å². The molecule has 0 saturated heterocycles. The van der Waals surface area contributed by atoms with Crippen molar-refractivity contribution < 1.29 is 14.5 Å². The molecule has 0 radical (unpaired) electrons. The van der Waals surface area contributed by atoms with Gasteiger partial charge < -0.3 is 10.1 Å². The lowest BCUT2D eigenvalue weighted by molar-refractivity contribution is -0.384. The summed E-state index contributed by atoms with van der Waals surface area (Å²) in [6.07, 6.45) is 0. The second-order valence-electron chi connectivity index (χ2n) is 5.93. The van der Waals surface area contributed by atoms with Crippen molar-refractivity contribution in [3.05, 3.63) is 44.2 Å². The number of benzene rings is 1. The highest BCUT2D eigenvalue weighted by Crippen LogP contribution is 2.29. The minimum absolute atomic E-state index is 0.143. The molecule has 0 bridgehead atoms. The zero-order valence-electron chi connectivity index (χ0n) is 15.1. The Morgan fingerprint density at radius 3 is 2.69 bits per heavy atom. The van der Waals surface area contributed by atoms with Gasteiger partial charge in [0.15, 0.2) is 0 Å². The summed E-state index contributed by atoms with van der Waals surface area (Å²) in [5.41, 5.74) is 1.71. The van der Waals surface area contributed by atoms with E-state index in [-0.39, 0.29) is 17.3 Å². The molecule has 26 heavy (non-hydrogen) atoms. The van der Waals surface area contributed by atoms with Crippen LogP contribution in [0.4, 0.5) is 11.4 Å². The first-order valence-corrected chi connectivity index (χ1v) is 8.95. The highest BCUT2D eigenvalue weighted by molar-refractivity contribution is 9.10. The standard InChI is InChI=1S/C17H21BrN4O4/c1-5-26-13-6-7-14(15(8-13)22(24)25)19-17(23)10(2)9-21-12(4)16(18)11(3)20-21/h6-8,10H,5,9H2,1-4H3,(H,19,23). The summed E-state index contributed by atoms with van der Waals surface area (Å²) in [5, 5.41) is 18.3. The molecule has 1 atom stereocenters. The normalized spacial score (nSPS) is 11.9. The van der Waals surface area contributed by atoms with E-state index in [2.05, 4.69) is 26.3 Å². The van der Waals surface area contributed by atoms with Gasteiger partial charge in [-0.05, 0) is 48.8 Å². The van der Waals surface area contributed by atoms with Gasteiger partial charge in [0.1, 0.15) is 11.4 Å². The monoisotopic (exact) mass is 424 g/mol. The number of rotatable bonds is 7. The van der Waals surface area contributed by atoms with E-state index in [9.17, 15) is 14.9 Å². The summed E-state index contributed by atoms with van der Waals surface area (Å²) >= 11 is 3.45. The third kappa shape index (κ3) is 4.40. The molecule has 0 aliphatic carbocycles. The maximum atomic E-state index is 12.5. The number of aromatic nitrogens is 2. The fraction of sp³-hybridized carbons (Fsp3) is 0.412. The van der Waals surface area contributed by atoms with Crippen molar-refractivity contribution in [2.75, 3.05) is 11.9 Å². The summed E-state index contributed by atoms with van der Waals surface area (Å²) in [7, 11) is 0. The molecular formula is C17H21BrN4O4. The first-order chi connectivity index (χ1) is 12.2. The van der Waals surface area contributed by atoms with Gasteiger partial charge in [-0.25, -0.2) is 0 Å². The Kier molecular flexibility index (Phi) is 6.36. The molecule has 2 aromatic rings. The number of amides is 1. The minimum Gasteiger partial charge on any atom is -0.494 e. The van der Waals surface area contributed by atoms with E-state index >= 15 is 0 Å². The van der Waals surface area contributed by atoms with Crippen molar-refractivity contribution in [2.45, 2.75) is 34.2 Å². The van der Waals surface area contributed by atoms with Crippen LogP contribution in [0.25, 0.3) is 0 Å². The Morgan fingerprint density at radius 2 is 2.15 bits per heavy atom. The van der Waals surface area contributed by atoms with Gasteiger partial charge in [0, 0.05) is 5.69 Å². The fourth-order valence-electron chi connectivity index (χ4n) is 2.48. The van der Waals surface area contributed by atoms with Crippen LogP contribution in [0.3, 0.4) is 0 Å². The summed E-state index contributed by atoms with van der Waals surface area (Å²) in [5.74, 6) is -0.357. The van der Waals surface area contributed by atoms with Crippen molar-refractivity contribution in [1.82, 2.24) is 9.78 Å². The molecule has 0 aliphatic heterocycles. The molecule has 8 nitrogen and oxygen atoms in total. The van der Waals surface area contributed by atoms with Crippen molar-refractivity contribution in [1.29, 1.82) is 0 Å². The number of nitro benzene ring substituents is 1. The van der Waals surface area contributed by atoms with Crippen LogP contribution in [0.1, 0.15) is 25.2 Å². The SMILES string of the molecule is CCOc1ccc(NC(=O)C(C)Cn2nc(C)c(Br)c2C)c([N+](=O)[O-])c1. The van der Waals surface area contributed by atoms with Gasteiger partial charge in [-0.1, -0.05) is 6.92 Å². The smallest absolute Gasteiger partial charge is 0.296 e. The van der Waals surface area contributed by atoms with Crippen LogP contribution in [0.2, 0.25) is 0 Å². The maximum Gasteiger partial charge on any atom is 0.296 e. The number of nitrogens with one attached hydrogen (secondary N) is 1. The van der Waals surface area contributed by atoms with E-state index in [1.54, 1.807) is 24.6 Å². The second kappa shape index (κ2) is 8.31.